The molecule has 1 heterocycles. The first kappa shape index (κ1) is 15.7. The van der Waals surface area contributed by atoms with E-state index in [1.165, 1.54) is 19.2 Å². The molecule has 0 spiro atoms. The molecular weight excluding hydrogens is 328 g/mol. The predicted molar refractivity (Wildman–Crippen MR) is 91.1 cm³/mol. The first-order valence-corrected chi connectivity index (χ1v) is 7.36. The number of benzene rings is 2. The van der Waals surface area contributed by atoms with Crippen LogP contribution < -0.4 is 10.9 Å². The smallest absolute Gasteiger partial charge is 0.276 e. The molecule has 0 bridgehead atoms. The lowest BCUT2D eigenvalue weighted by Gasteiger charge is -2.09. The predicted octanol–water partition coefficient (Wildman–Crippen LogP) is 2.71. The van der Waals surface area contributed by atoms with Gasteiger partial charge in [-0.3, -0.25) is 9.59 Å². The lowest BCUT2D eigenvalue weighted by Crippen LogP contribution is -2.25. The third-order valence-electron chi connectivity index (χ3n) is 3.52. The number of aromatic nitrogens is 2. The molecule has 0 saturated carbocycles. The van der Waals surface area contributed by atoms with Gasteiger partial charge in [-0.2, -0.15) is 10.4 Å². The van der Waals surface area contributed by atoms with Crippen LogP contribution >= 0.6 is 11.6 Å². The molecule has 0 fully saturated rings. The zero-order valence-electron chi connectivity index (χ0n) is 12.6. The van der Waals surface area contributed by atoms with Crippen molar-refractivity contribution >= 4 is 34.0 Å². The van der Waals surface area contributed by atoms with E-state index in [0.29, 0.717) is 22.0 Å². The van der Waals surface area contributed by atoms with Gasteiger partial charge < -0.3 is 5.32 Å². The molecule has 1 aromatic heterocycles. The Labute approximate surface area is 141 Å². The molecule has 0 atom stereocenters. The Bertz CT molecular complexity index is 1070. The fraction of sp³-hybridized carbons (Fsp3) is 0.0588. The highest BCUT2D eigenvalue weighted by Gasteiger charge is 2.16. The zero-order chi connectivity index (χ0) is 17.3. The largest absolute Gasteiger partial charge is 0.321 e. The van der Waals surface area contributed by atoms with Crippen molar-refractivity contribution in [1.82, 2.24) is 9.78 Å². The van der Waals surface area contributed by atoms with Gasteiger partial charge in [-0.25, -0.2) is 4.68 Å². The second kappa shape index (κ2) is 6.14. The van der Waals surface area contributed by atoms with Crippen LogP contribution in [0.2, 0.25) is 5.02 Å². The van der Waals surface area contributed by atoms with Crippen LogP contribution in [0.25, 0.3) is 10.8 Å². The number of halogens is 1. The molecule has 0 aliphatic carbocycles. The number of nitrogens with zero attached hydrogens (tertiary/aromatic N) is 3. The number of nitriles is 1. The van der Waals surface area contributed by atoms with Crippen molar-refractivity contribution < 1.29 is 4.79 Å². The van der Waals surface area contributed by atoms with E-state index in [0.717, 1.165) is 4.68 Å². The van der Waals surface area contributed by atoms with Gasteiger partial charge >= 0.3 is 0 Å². The molecule has 0 unspecified atom stereocenters. The molecule has 3 aromatic rings. The summed E-state index contributed by atoms with van der Waals surface area (Å²) in [7, 11) is 1.49. The number of amides is 1. The van der Waals surface area contributed by atoms with E-state index in [1.54, 1.807) is 30.3 Å². The molecule has 2 aromatic carbocycles. The minimum absolute atomic E-state index is 0.133. The standard InChI is InChI=1S/C17H11ClN4O2/c1-22-17(24)13-5-3-2-4-12(13)15(21-22)16(23)20-11-7-6-10(9-19)14(18)8-11/h2-8H,1H3,(H,20,23). The van der Waals surface area contributed by atoms with E-state index < -0.39 is 5.91 Å². The van der Waals surface area contributed by atoms with Gasteiger partial charge in [0.25, 0.3) is 11.5 Å². The van der Waals surface area contributed by atoms with Crippen LogP contribution in [0.5, 0.6) is 0 Å². The highest BCUT2D eigenvalue weighted by molar-refractivity contribution is 6.32. The van der Waals surface area contributed by atoms with E-state index in [2.05, 4.69) is 10.4 Å². The normalized spacial score (nSPS) is 10.4. The van der Waals surface area contributed by atoms with Crippen molar-refractivity contribution in [2.24, 2.45) is 7.05 Å². The minimum atomic E-state index is -0.470. The molecule has 7 heteroatoms. The van der Waals surface area contributed by atoms with Crippen LogP contribution in [0.3, 0.4) is 0 Å². The van der Waals surface area contributed by atoms with E-state index in [9.17, 15) is 9.59 Å². The quantitative estimate of drug-likeness (QED) is 0.778. The maximum absolute atomic E-state index is 12.6. The number of anilines is 1. The maximum Gasteiger partial charge on any atom is 0.276 e. The van der Waals surface area contributed by atoms with Gasteiger partial charge in [-0.15, -0.1) is 0 Å². The summed E-state index contributed by atoms with van der Waals surface area (Å²) in [5.74, 6) is -0.470. The first-order chi connectivity index (χ1) is 11.5. The van der Waals surface area contributed by atoms with Gasteiger partial charge in [-0.05, 0) is 24.3 Å². The summed E-state index contributed by atoms with van der Waals surface area (Å²) >= 11 is 5.97. The Kier molecular flexibility index (Phi) is 4.02. The molecule has 24 heavy (non-hydrogen) atoms. The zero-order valence-corrected chi connectivity index (χ0v) is 13.3. The lowest BCUT2D eigenvalue weighted by molar-refractivity contribution is 0.102. The maximum atomic E-state index is 12.6. The Balaban J connectivity index is 2.04. The van der Waals surface area contributed by atoms with Crippen molar-refractivity contribution in [3.63, 3.8) is 0 Å². The average Bonchev–Trinajstić information content (AvgIpc) is 2.58. The summed E-state index contributed by atoms with van der Waals surface area (Å²) in [5.41, 5.74) is 0.612. The van der Waals surface area contributed by atoms with Crippen LogP contribution in [0.15, 0.2) is 47.3 Å². The second-order valence-electron chi connectivity index (χ2n) is 5.08. The fourth-order valence-corrected chi connectivity index (χ4v) is 2.56. The molecule has 0 radical (unpaired) electrons. The molecule has 1 amide bonds. The average molecular weight is 339 g/mol. The summed E-state index contributed by atoms with van der Waals surface area (Å²) in [5, 5.41) is 16.7. The summed E-state index contributed by atoms with van der Waals surface area (Å²) in [6, 6.07) is 13.3. The highest BCUT2D eigenvalue weighted by Crippen LogP contribution is 2.21. The van der Waals surface area contributed by atoms with E-state index in [4.69, 9.17) is 16.9 Å². The molecule has 0 saturated heterocycles. The van der Waals surface area contributed by atoms with E-state index in [-0.39, 0.29) is 16.3 Å². The molecule has 1 N–H and O–H groups in total. The van der Waals surface area contributed by atoms with Crippen LogP contribution in [0.1, 0.15) is 16.1 Å². The third kappa shape index (κ3) is 2.73. The molecule has 118 valence electrons. The number of nitrogens with one attached hydrogen (secondary N) is 1. The van der Waals surface area contributed by atoms with Gasteiger partial charge in [0.1, 0.15) is 6.07 Å². The number of rotatable bonds is 2. The van der Waals surface area contributed by atoms with Crippen molar-refractivity contribution in [1.29, 1.82) is 5.26 Å². The summed E-state index contributed by atoms with van der Waals surface area (Å²) in [6.45, 7) is 0. The molecule has 0 aliphatic rings. The molecular formula is C17H11ClN4O2. The Morgan fingerprint density at radius 2 is 1.96 bits per heavy atom. The number of hydrogen-bond acceptors (Lipinski definition) is 4. The number of fused-ring (bicyclic) bond motifs is 1. The lowest BCUT2D eigenvalue weighted by atomic mass is 10.1. The number of hydrogen-bond donors (Lipinski definition) is 1. The Hall–Kier alpha value is -3.17. The van der Waals surface area contributed by atoms with Gasteiger partial charge in [0.15, 0.2) is 5.69 Å². The van der Waals surface area contributed by atoms with Crippen LogP contribution in [-0.4, -0.2) is 15.7 Å². The van der Waals surface area contributed by atoms with E-state index >= 15 is 0 Å². The molecule has 6 nitrogen and oxygen atoms in total. The summed E-state index contributed by atoms with van der Waals surface area (Å²) < 4.78 is 1.13. The van der Waals surface area contributed by atoms with Crippen LogP contribution in [-0.2, 0) is 7.05 Å². The van der Waals surface area contributed by atoms with Crippen LogP contribution in [0.4, 0.5) is 5.69 Å². The van der Waals surface area contributed by atoms with Crippen LogP contribution in [0, 0.1) is 11.3 Å². The SMILES string of the molecule is Cn1nc(C(=O)Nc2ccc(C#N)c(Cl)c2)c2ccccc2c1=O. The second-order valence-corrected chi connectivity index (χ2v) is 5.49. The summed E-state index contributed by atoms with van der Waals surface area (Å²) in [4.78, 5) is 24.7. The molecule has 0 aliphatic heterocycles. The third-order valence-corrected chi connectivity index (χ3v) is 3.83. The topological polar surface area (TPSA) is 87.8 Å². The molecule has 3 rings (SSSR count). The van der Waals surface area contributed by atoms with Crippen molar-refractivity contribution in [2.45, 2.75) is 0 Å². The minimum Gasteiger partial charge on any atom is -0.321 e. The van der Waals surface area contributed by atoms with Crippen molar-refractivity contribution in [2.75, 3.05) is 5.32 Å². The van der Waals surface area contributed by atoms with E-state index in [1.807, 2.05) is 6.07 Å². The number of aryl methyl sites for hydroxylation is 1. The fourth-order valence-electron chi connectivity index (χ4n) is 2.34. The monoisotopic (exact) mass is 338 g/mol. The van der Waals surface area contributed by atoms with Crippen molar-refractivity contribution in [3.8, 4) is 6.07 Å². The Morgan fingerprint density at radius 3 is 2.62 bits per heavy atom. The van der Waals surface area contributed by atoms with Gasteiger partial charge in [0, 0.05) is 18.1 Å². The first-order valence-electron chi connectivity index (χ1n) is 6.98. The Morgan fingerprint density at radius 1 is 1.25 bits per heavy atom. The van der Waals surface area contributed by atoms with Gasteiger partial charge in [0.05, 0.1) is 16.0 Å². The summed E-state index contributed by atoms with van der Waals surface area (Å²) in [6.07, 6.45) is 0. The van der Waals surface area contributed by atoms with Gasteiger partial charge in [-0.1, -0.05) is 29.8 Å². The number of carbonyl (C=O) groups is 1. The van der Waals surface area contributed by atoms with Crippen molar-refractivity contribution in [3.05, 3.63) is 69.1 Å². The highest BCUT2D eigenvalue weighted by atomic mass is 35.5. The number of carbonyl (C=O) groups excluding carboxylic acids is 1. The van der Waals surface area contributed by atoms with Gasteiger partial charge in [0.2, 0.25) is 0 Å².